The summed E-state index contributed by atoms with van der Waals surface area (Å²) in [4.78, 5) is 41.5. The van der Waals surface area contributed by atoms with Crippen molar-refractivity contribution in [2.75, 3.05) is 16.4 Å². The lowest BCUT2D eigenvalue weighted by Gasteiger charge is -2.13. The van der Waals surface area contributed by atoms with Crippen LogP contribution in [0.4, 0.5) is 11.4 Å². The van der Waals surface area contributed by atoms with E-state index in [2.05, 4.69) is 15.6 Å². The van der Waals surface area contributed by atoms with Crippen LogP contribution >= 0.6 is 11.8 Å². The van der Waals surface area contributed by atoms with E-state index in [1.165, 1.54) is 23.3 Å². The summed E-state index contributed by atoms with van der Waals surface area (Å²) in [5.74, 6) is -0.319. The van der Waals surface area contributed by atoms with Gasteiger partial charge in [0.1, 0.15) is 0 Å². The van der Waals surface area contributed by atoms with Crippen molar-refractivity contribution < 1.29 is 9.59 Å². The number of thioether (sulfide) groups is 1. The van der Waals surface area contributed by atoms with Crippen molar-refractivity contribution in [2.45, 2.75) is 12.1 Å². The average molecular weight is 445 g/mol. The van der Waals surface area contributed by atoms with Gasteiger partial charge in [-0.1, -0.05) is 42.1 Å². The Morgan fingerprint density at radius 3 is 2.19 bits per heavy atom. The van der Waals surface area contributed by atoms with Crippen LogP contribution in [-0.4, -0.2) is 27.1 Å². The zero-order valence-electron chi connectivity index (χ0n) is 17.2. The largest absolute Gasteiger partial charge is 0.326 e. The molecule has 2 amide bonds. The van der Waals surface area contributed by atoms with Gasteiger partial charge in [0.15, 0.2) is 5.16 Å². The van der Waals surface area contributed by atoms with Crippen molar-refractivity contribution >= 4 is 45.9 Å². The van der Waals surface area contributed by atoms with Gasteiger partial charge in [0.05, 0.1) is 22.3 Å². The van der Waals surface area contributed by atoms with Crippen LogP contribution < -0.4 is 16.2 Å². The van der Waals surface area contributed by atoms with Crippen molar-refractivity contribution in [1.82, 2.24) is 9.55 Å². The second kappa shape index (κ2) is 9.49. The standard InChI is InChI=1S/C24H20N4O3S/c1-16(29)25-17-11-13-18(14-12-17)26-22(30)15-32-24-27-21-10-6-5-9-20(21)23(31)28(24)19-7-3-2-4-8-19/h2-14H,15H2,1H3,(H,25,29)(H,26,30). The number of carbonyl (C=O) groups excluding carboxylic acids is 2. The van der Waals surface area contributed by atoms with E-state index in [9.17, 15) is 14.4 Å². The van der Waals surface area contributed by atoms with Crippen LogP contribution in [0.3, 0.4) is 0 Å². The lowest BCUT2D eigenvalue weighted by Crippen LogP contribution is -2.22. The molecular formula is C24H20N4O3S. The molecule has 4 aromatic rings. The van der Waals surface area contributed by atoms with E-state index in [1.54, 1.807) is 42.5 Å². The highest BCUT2D eigenvalue weighted by molar-refractivity contribution is 7.99. The summed E-state index contributed by atoms with van der Waals surface area (Å²) in [7, 11) is 0. The predicted molar refractivity (Wildman–Crippen MR) is 127 cm³/mol. The Morgan fingerprint density at radius 2 is 1.50 bits per heavy atom. The molecular weight excluding hydrogens is 424 g/mol. The second-order valence-electron chi connectivity index (χ2n) is 6.98. The van der Waals surface area contributed by atoms with E-state index < -0.39 is 0 Å². The first-order valence-corrected chi connectivity index (χ1v) is 10.9. The first-order valence-electron chi connectivity index (χ1n) is 9.89. The van der Waals surface area contributed by atoms with Gasteiger partial charge >= 0.3 is 0 Å². The molecule has 3 aromatic carbocycles. The van der Waals surface area contributed by atoms with E-state index in [4.69, 9.17) is 0 Å². The van der Waals surface area contributed by atoms with E-state index in [-0.39, 0.29) is 23.1 Å². The van der Waals surface area contributed by atoms with Gasteiger partial charge in [-0.05, 0) is 48.5 Å². The Kier molecular flexibility index (Phi) is 6.32. The smallest absolute Gasteiger partial charge is 0.266 e. The number of nitrogens with zero attached hydrogens (tertiary/aromatic N) is 2. The number of benzene rings is 3. The molecule has 0 saturated heterocycles. The van der Waals surface area contributed by atoms with Crippen LogP contribution in [0.25, 0.3) is 16.6 Å². The maximum Gasteiger partial charge on any atom is 0.266 e. The summed E-state index contributed by atoms with van der Waals surface area (Å²) in [6, 6.07) is 23.2. The van der Waals surface area contributed by atoms with Crippen LogP contribution in [-0.2, 0) is 9.59 Å². The number of fused-ring (bicyclic) bond motifs is 1. The number of rotatable bonds is 6. The summed E-state index contributed by atoms with van der Waals surface area (Å²) in [5.41, 5.74) is 2.35. The molecule has 0 aliphatic rings. The number of aromatic nitrogens is 2. The molecule has 4 rings (SSSR count). The first-order chi connectivity index (χ1) is 15.5. The van der Waals surface area contributed by atoms with E-state index >= 15 is 0 Å². The highest BCUT2D eigenvalue weighted by atomic mass is 32.2. The summed E-state index contributed by atoms with van der Waals surface area (Å²) in [5, 5.41) is 6.45. The normalized spacial score (nSPS) is 10.7. The number of hydrogen-bond donors (Lipinski definition) is 2. The lowest BCUT2D eigenvalue weighted by atomic mass is 10.2. The Labute approximate surface area is 188 Å². The molecule has 32 heavy (non-hydrogen) atoms. The monoisotopic (exact) mass is 444 g/mol. The van der Waals surface area contributed by atoms with Gasteiger partial charge in [-0.3, -0.25) is 19.0 Å². The molecule has 0 unspecified atom stereocenters. The minimum absolute atomic E-state index is 0.0745. The van der Waals surface area contributed by atoms with E-state index in [1.807, 2.05) is 36.4 Å². The maximum absolute atomic E-state index is 13.2. The molecule has 0 aliphatic carbocycles. The lowest BCUT2D eigenvalue weighted by molar-refractivity contribution is -0.114. The van der Waals surface area contributed by atoms with Crippen LogP contribution in [0.5, 0.6) is 0 Å². The van der Waals surface area contributed by atoms with Crippen molar-refractivity contribution in [3.63, 3.8) is 0 Å². The minimum Gasteiger partial charge on any atom is -0.326 e. The SMILES string of the molecule is CC(=O)Nc1ccc(NC(=O)CSc2nc3ccccc3c(=O)n2-c2ccccc2)cc1. The average Bonchev–Trinajstić information content (AvgIpc) is 2.79. The van der Waals surface area contributed by atoms with Gasteiger partial charge in [-0.25, -0.2) is 4.98 Å². The first kappa shape index (κ1) is 21.3. The minimum atomic E-state index is -0.232. The Bertz CT molecular complexity index is 1340. The molecule has 0 atom stereocenters. The van der Waals surface area contributed by atoms with Crippen LogP contribution in [0, 0.1) is 0 Å². The quantitative estimate of drug-likeness (QED) is 0.345. The molecule has 0 aliphatic heterocycles. The third-order valence-electron chi connectivity index (χ3n) is 4.58. The third-order valence-corrected chi connectivity index (χ3v) is 5.52. The molecule has 0 spiro atoms. The molecule has 8 heteroatoms. The van der Waals surface area contributed by atoms with Gasteiger partial charge in [0.2, 0.25) is 11.8 Å². The van der Waals surface area contributed by atoms with Crippen molar-refractivity contribution in [3.8, 4) is 5.69 Å². The van der Waals surface area contributed by atoms with Crippen molar-refractivity contribution in [2.24, 2.45) is 0 Å². The maximum atomic E-state index is 13.2. The van der Waals surface area contributed by atoms with E-state index in [0.717, 1.165) is 0 Å². The number of para-hydroxylation sites is 2. The highest BCUT2D eigenvalue weighted by Gasteiger charge is 2.14. The fourth-order valence-electron chi connectivity index (χ4n) is 3.18. The molecule has 2 N–H and O–H groups in total. The fourth-order valence-corrected chi connectivity index (χ4v) is 3.99. The number of hydrogen-bond acceptors (Lipinski definition) is 5. The number of anilines is 2. The number of nitrogens with one attached hydrogen (secondary N) is 2. The van der Waals surface area contributed by atoms with Crippen LogP contribution in [0.1, 0.15) is 6.92 Å². The molecule has 0 saturated carbocycles. The molecule has 1 aromatic heterocycles. The number of carbonyl (C=O) groups is 2. The summed E-state index contributed by atoms with van der Waals surface area (Å²) < 4.78 is 1.53. The number of amides is 2. The van der Waals surface area contributed by atoms with Gasteiger partial charge in [-0.2, -0.15) is 0 Å². The van der Waals surface area contributed by atoms with Gasteiger partial charge < -0.3 is 10.6 Å². The zero-order valence-corrected chi connectivity index (χ0v) is 18.1. The highest BCUT2D eigenvalue weighted by Crippen LogP contribution is 2.22. The second-order valence-corrected chi connectivity index (χ2v) is 7.93. The summed E-state index contributed by atoms with van der Waals surface area (Å²) in [6.45, 7) is 1.43. The van der Waals surface area contributed by atoms with E-state index in [0.29, 0.717) is 33.1 Å². The molecule has 160 valence electrons. The van der Waals surface area contributed by atoms with Gasteiger partial charge in [0, 0.05) is 18.3 Å². The summed E-state index contributed by atoms with van der Waals surface area (Å²) >= 11 is 1.19. The van der Waals surface area contributed by atoms with Gasteiger partial charge in [0.25, 0.3) is 5.56 Å². The molecule has 1 heterocycles. The Hall–Kier alpha value is -3.91. The van der Waals surface area contributed by atoms with Gasteiger partial charge in [-0.15, -0.1) is 0 Å². The zero-order chi connectivity index (χ0) is 22.5. The molecule has 7 nitrogen and oxygen atoms in total. The third kappa shape index (κ3) is 4.87. The molecule has 0 radical (unpaired) electrons. The topological polar surface area (TPSA) is 93.1 Å². The Morgan fingerprint density at radius 1 is 0.875 bits per heavy atom. The molecule has 0 fully saturated rings. The van der Waals surface area contributed by atoms with Crippen LogP contribution in [0.2, 0.25) is 0 Å². The van der Waals surface area contributed by atoms with Crippen molar-refractivity contribution in [1.29, 1.82) is 0 Å². The Balaban J connectivity index is 1.55. The fraction of sp³-hybridized carbons (Fsp3) is 0.0833. The van der Waals surface area contributed by atoms with Crippen LogP contribution in [0.15, 0.2) is 88.8 Å². The van der Waals surface area contributed by atoms with Crippen molar-refractivity contribution in [3.05, 3.63) is 89.2 Å². The summed E-state index contributed by atoms with van der Waals surface area (Å²) in [6.07, 6.45) is 0. The molecule has 0 bridgehead atoms. The predicted octanol–water partition coefficient (Wildman–Crippen LogP) is 4.07.